The predicted octanol–water partition coefficient (Wildman–Crippen LogP) is 2.08. The molecule has 0 spiro atoms. The van der Waals surface area contributed by atoms with E-state index in [1.54, 1.807) is 0 Å². The average Bonchev–Trinajstić information content (AvgIpc) is 2.99. The number of carbonyl (C=O) groups excluding carboxylic acids is 2. The zero-order valence-corrected chi connectivity index (χ0v) is 18.0. The van der Waals surface area contributed by atoms with Crippen molar-refractivity contribution in [2.24, 2.45) is 0 Å². The molecular weight excluding hydrogens is 380 g/mol. The number of carbonyl (C=O) groups is 2. The van der Waals surface area contributed by atoms with E-state index >= 15 is 0 Å². The third kappa shape index (κ3) is 4.78. The van der Waals surface area contributed by atoms with Crippen LogP contribution in [0.25, 0.3) is 0 Å². The molecule has 1 aliphatic carbocycles. The van der Waals surface area contributed by atoms with Crippen molar-refractivity contribution >= 4 is 17.7 Å². The summed E-state index contributed by atoms with van der Waals surface area (Å²) in [5, 5.41) is 6.75. The second-order valence-electron chi connectivity index (χ2n) is 8.52. The molecule has 1 saturated carbocycles. The molecule has 2 amide bonds. The molecule has 164 valence electrons. The molecule has 4 rings (SSSR count). The van der Waals surface area contributed by atoms with Crippen LogP contribution in [0.1, 0.15) is 43.7 Å². The summed E-state index contributed by atoms with van der Waals surface area (Å²) in [5.74, 6) is -0.193. The van der Waals surface area contributed by atoms with Gasteiger partial charge in [-0.15, -0.1) is 0 Å². The Morgan fingerprint density at radius 2 is 1.90 bits per heavy atom. The quantitative estimate of drug-likeness (QED) is 0.698. The lowest BCUT2D eigenvalue weighted by Gasteiger charge is -2.34. The van der Waals surface area contributed by atoms with Gasteiger partial charge in [-0.2, -0.15) is 0 Å². The summed E-state index contributed by atoms with van der Waals surface area (Å²) in [7, 11) is 0. The summed E-state index contributed by atoms with van der Waals surface area (Å²) < 4.78 is 4.98. The molecule has 2 fully saturated rings. The number of nitrogens with one attached hydrogen (secondary N) is 2. The Morgan fingerprint density at radius 3 is 2.67 bits per heavy atom. The molecule has 0 unspecified atom stereocenters. The van der Waals surface area contributed by atoms with Gasteiger partial charge in [-0.3, -0.25) is 9.69 Å². The first-order valence-corrected chi connectivity index (χ1v) is 11.5. The molecule has 30 heavy (non-hydrogen) atoms. The third-order valence-corrected chi connectivity index (χ3v) is 6.66. The number of hydrogen-bond donors (Lipinski definition) is 2. The number of anilines is 1. The first-order chi connectivity index (χ1) is 14.7. The first kappa shape index (κ1) is 21.1. The highest BCUT2D eigenvalue weighted by molar-refractivity contribution is 5.94. The fourth-order valence-corrected chi connectivity index (χ4v) is 4.99. The average molecular weight is 415 g/mol. The summed E-state index contributed by atoms with van der Waals surface area (Å²) in [6, 6.07) is 7.31. The lowest BCUT2D eigenvalue weighted by molar-refractivity contribution is -0.142. The highest BCUT2D eigenvalue weighted by Gasteiger charge is 2.36. The minimum absolute atomic E-state index is 0.143. The van der Waals surface area contributed by atoms with Crippen molar-refractivity contribution in [2.75, 3.05) is 44.2 Å². The smallest absolute Gasteiger partial charge is 0.324 e. The number of fused-ring (bicyclic) bond motifs is 1. The lowest BCUT2D eigenvalue weighted by atomic mass is 9.90. The number of rotatable bonds is 6. The Bertz CT molecular complexity index is 761. The van der Waals surface area contributed by atoms with Gasteiger partial charge in [0.25, 0.3) is 0 Å². The Kier molecular flexibility index (Phi) is 6.89. The molecule has 7 nitrogen and oxygen atoms in total. The second kappa shape index (κ2) is 9.79. The molecule has 2 aliphatic heterocycles. The van der Waals surface area contributed by atoms with E-state index in [1.165, 1.54) is 11.1 Å². The molecule has 2 heterocycles. The summed E-state index contributed by atoms with van der Waals surface area (Å²) >= 11 is 0. The summed E-state index contributed by atoms with van der Waals surface area (Å²) in [5.41, 5.74) is 3.81. The molecule has 2 N–H and O–H groups in total. The van der Waals surface area contributed by atoms with E-state index in [2.05, 4.69) is 33.7 Å². The van der Waals surface area contributed by atoms with Gasteiger partial charge in [-0.05, 0) is 81.8 Å². The zero-order valence-electron chi connectivity index (χ0n) is 18.0. The number of ether oxygens (including phenoxy) is 1. The molecule has 0 radical (unpaired) electrons. The van der Waals surface area contributed by atoms with Gasteiger partial charge in [0.15, 0.2) is 0 Å². The van der Waals surface area contributed by atoms with Crippen molar-refractivity contribution in [3.8, 4) is 0 Å². The Hall–Kier alpha value is -2.12. The van der Waals surface area contributed by atoms with Crippen molar-refractivity contribution in [1.82, 2.24) is 15.5 Å². The van der Waals surface area contributed by atoms with Gasteiger partial charge in [0.1, 0.15) is 0 Å². The van der Waals surface area contributed by atoms with Gasteiger partial charge in [0.2, 0.25) is 0 Å². The number of urea groups is 1. The van der Waals surface area contributed by atoms with Crippen molar-refractivity contribution in [2.45, 2.75) is 57.5 Å². The van der Waals surface area contributed by atoms with Crippen molar-refractivity contribution in [3.63, 3.8) is 0 Å². The fourth-order valence-electron chi connectivity index (χ4n) is 4.99. The van der Waals surface area contributed by atoms with Crippen LogP contribution in [0.5, 0.6) is 0 Å². The Morgan fingerprint density at radius 1 is 1.13 bits per heavy atom. The maximum atomic E-state index is 13.2. The predicted molar refractivity (Wildman–Crippen MR) is 117 cm³/mol. The molecule has 0 aromatic heterocycles. The summed E-state index contributed by atoms with van der Waals surface area (Å²) in [6.45, 7) is 6.10. The van der Waals surface area contributed by atoms with Crippen LogP contribution in [-0.2, 0) is 22.4 Å². The van der Waals surface area contributed by atoms with Crippen molar-refractivity contribution in [1.29, 1.82) is 0 Å². The van der Waals surface area contributed by atoms with Crippen LogP contribution in [0, 0.1) is 0 Å². The molecule has 1 saturated heterocycles. The fraction of sp³-hybridized carbons (Fsp3) is 0.652. The Balaban J connectivity index is 1.31. The Labute approximate surface area is 179 Å². The standard InChI is InChI=1S/C23H34N4O3/c1-2-30-22(28)16-25-19-4-7-20(8-5-19)26-13-14-27(23(26)29)21-6-3-17-9-11-24-12-10-18(17)15-21/h3,6,15,19-20,24-25H,2,4-5,7-14,16H2,1H3. The van der Waals surface area contributed by atoms with Crippen LogP contribution in [0.4, 0.5) is 10.5 Å². The van der Waals surface area contributed by atoms with Gasteiger partial charge in [0, 0.05) is 30.9 Å². The van der Waals surface area contributed by atoms with E-state index in [4.69, 9.17) is 4.74 Å². The molecule has 3 aliphatic rings. The number of amides is 2. The van der Waals surface area contributed by atoms with Gasteiger partial charge in [-0.25, -0.2) is 4.79 Å². The van der Waals surface area contributed by atoms with E-state index in [1.807, 2.05) is 11.8 Å². The molecule has 1 aromatic rings. The van der Waals surface area contributed by atoms with E-state index in [9.17, 15) is 9.59 Å². The van der Waals surface area contributed by atoms with Crippen LogP contribution in [0.3, 0.4) is 0 Å². The van der Waals surface area contributed by atoms with E-state index in [0.717, 1.165) is 70.4 Å². The van der Waals surface area contributed by atoms with E-state index in [-0.39, 0.29) is 18.5 Å². The van der Waals surface area contributed by atoms with Crippen molar-refractivity contribution < 1.29 is 14.3 Å². The highest BCUT2D eigenvalue weighted by Crippen LogP contribution is 2.30. The molecular formula is C23H34N4O3. The zero-order chi connectivity index (χ0) is 20.9. The van der Waals surface area contributed by atoms with Gasteiger partial charge >= 0.3 is 12.0 Å². The van der Waals surface area contributed by atoms with Gasteiger partial charge < -0.3 is 20.3 Å². The van der Waals surface area contributed by atoms with Crippen LogP contribution < -0.4 is 15.5 Å². The monoisotopic (exact) mass is 414 g/mol. The molecule has 1 aromatic carbocycles. The lowest BCUT2D eigenvalue weighted by Crippen LogP contribution is -2.45. The number of benzene rings is 1. The third-order valence-electron chi connectivity index (χ3n) is 6.66. The highest BCUT2D eigenvalue weighted by atomic mass is 16.5. The SMILES string of the molecule is CCOC(=O)CNC1CCC(N2CCN(c3ccc4c(c3)CCNCC4)C2=O)CC1. The van der Waals surface area contributed by atoms with Crippen LogP contribution in [-0.4, -0.2) is 68.3 Å². The first-order valence-electron chi connectivity index (χ1n) is 11.5. The minimum atomic E-state index is -0.193. The number of nitrogens with zero attached hydrogens (tertiary/aromatic N) is 2. The maximum absolute atomic E-state index is 13.2. The molecule has 0 atom stereocenters. The van der Waals surface area contributed by atoms with Crippen LogP contribution in [0.15, 0.2) is 18.2 Å². The largest absolute Gasteiger partial charge is 0.465 e. The minimum Gasteiger partial charge on any atom is -0.465 e. The maximum Gasteiger partial charge on any atom is 0.324 e. The number of hydrogen-bond acceptors (Lipinski definition) is 5. The number of esters is 1. The van der Waals surface area contributed by atoms with Crippen LogP contribution >= 0.6 is 0 Å². The summed E-state index contributed by atoms with van der Waals surface area (Å²) in [6.07, 6.45) is 6.02. The van der Waals surface area contributed by atoms with Crippen LogP contribution in [0.2, 0.25) is 0 Å². The van der Waals surface area contributed by atoms with Gasteiger partial charge in [0.05, 0.1) is 13.2 Å². The molecule has 0 bridgehead atoms. The second-order valence-corrected chi connectivity index (χ2v) is 8.52. The summed E-state index contributed by atoms with van der Waals surface area (Å²) in [4.78, 5) is 28.7. The van der Waals surface area contributed by atoms with E-state index < -0.39 is 0 Å². The molecule has 7 heteroatoms. The topological polar surface area (TPSA) is 73.9 Å². The normalized spacial score (nSPS) is 24.5. The van der Waals surface area contributed by atoms with Gasteiger partial charge in [-0.1, -0.05) is 6.07 Å². The van der Waals surface area contributed by atoms with Crippen molar-refractivity contribution in [3.05, 3.63) is 29.3 Å². The van der Waals surface area contributed by atoms with E-state index in [0.29, 0.717) is 18.7 Å².